The van der Waals surface area contributed by atoms with Crippen molar-refractivity contribution in [3.63, 3.8) is 0 Å². The van der Waals surface area contributed by atoms with Crippen molar-refractivity contribution in [3.8, 4) is 0 Å². The molecular weight excluding hydrogens is 1040 g/mol. The van der Waals surface area contributed by atoms with Gasteiger partial charge in [-0.2, -0.15) is 0 Å². The third kappa shape index (κ3) is 46.9. The van der Waals surface area contributed by atoms with Gasteiger partial charge < -0.3 is 45.1 Å². The van der Waals surface area contributed by atoms with Crippen LogP contribution in [0.1, 0.15) is 310 Å². The number of allylic oxidation sites excluding steroid dienone is 11. The van der Waals surface area contributed by atoms with Gasteiger partial charge in [0, 0.05) is 6.42 Å². The zero-order valence-corrected chi connectivity index (χ0v) is 53.6. The summed E-state index contributed by atoms with van der Waals surface area (Å²) >= 11 is 0. The smallest absolute Gasteiger partial charge is 0.306 e. The fraction of sp³-hybridized carbons (Fsp3) is 0.806. The molecule has 11 heteroatoms. The molecule has 1 fully saturated rings. The zero-order chi connectivity index (χ0) is 60.3. The Bertz CT molecular complexity index is 1630. The van der Waals surface area contributed by atoms with E-state index in [4.69, 9.17) is 14.2 Å². The van der Waals surface area contributed by atoms with Crippen LogP contribution in [-0.4, -0.2) is 99.6 Å². The fourth-order valence-corrected chi connectivity index (χ4v) is 10.6. The molecule has 83 heavy (non-hydrogen) atoms. The maximum atomic E-state index is 13.5. The highest BCUT2D eigenvalue weighted by molar-refractivity contribution is 5.80. The number of carbonyl (C=O) groups is 2. The van der Waals surface area contributed by atoms with Gasteiger partial charge >= 0.3 is 5.97 Å². The van der Waals surface area contributed by atoms with Crippen LogP contribution in [0.3, 0.4) is 0 Å². The van der Waals surface area contributed by atoms with Gasteiger partial charge in [0.15, 0.2) is 12.4 Å². The van der Waals surface area contributed by atoms with Gasteiger partial charge in [-0.15, -0.1) is 0 Å². The molecule has 11 nitrogen and oxygen atoms in total. The van der Waals surface area contributed by atoms with E-state index < -0.39 is 67.4 Å². The average Bonchev–Trinajstić information content (AvgIpc) is 3.58. The van der Waals surface area contributed by atoms with Crippen LogP contribution >= 0.6 is 0 Å². The molecule has 0 bridgehead atoms. The quantitative estimate of drug-likeness (QED) is 0.0195. The Labute approximate surface area is 509 Å². The van der Waals surface area contributed by atoms with E-state index in [0.29, 0.717) is 12.8 Å². The van der Waals surface area contributed by atoms with E-state index in [-0.39, 0.29) is 19.4 Å². The molecule has 1 aliphatic heterocycles. The molecule has 1 amide bonds. The summed E-state index contributed by atoms with van der Waals surface area (Å²) in [6.45, 7) is 5.77. The predicted molar refractivity (Wildman–Crippen MR) is 347 cm³/mol. The molecule has 0 aromatic carbocycles. The lowest BCUT2D eigenvalue weighted by atomic mass is 9.99. The zero-order valence-electron chi connectivity index (χ0n) is 53.6. The topological polar surface area (TPSA) is 175 Å². The average molecular weight is 1170 g/mol. The van der Waals surface area contributed by atoms with Gasteiger partial charge in [-0.25, -0.2) is 0 Å². The lowest BCUT2D eigenvalue weighted by molar-refractivity contribution is -0.305. The van der Waals surface area contributed by atoms with Crippen LogP contribution in [0.2, 0.25) is 0 Å². The molecule has 482 valence electrons. The van der Waals surface area contributed by atoms with Crippen LogP contribution in [0.25, 0.3) is 0 Å². The third-order valence-corrected chi connectivity index (χ3v) is 16.1. The standard InChI is InChI=1S/C72H129NO10/c1-4-7-10-13-16-19-22-25-27-29-31-32-33-35-36-38-41-44-47-50-53-56-59-65(76)71(80)73-63(64(75)58-55-52-49-46-43-40-24-21-18-15-12-9-6-3)62-81-72-70(69(79)68(78)66(61-74)82-72)83-67(77)60-57-54-51-48-45-42-39-37-34-30-28-26-23-20-17-14-11-8-5-2/h17,20,25-28,34,37,42,45,55,58,63-66,68-70,72,74-76,78-79H,4-16,18-19,21-24,29-33,35-36,38-41,43-44,46-54,56-57,59-62H2,1-3H3,(H,73,80)/b20-17-,27-25+,28-26-,37-34-,45-42-,58-55+. The van der Waals surface area contributed by atoms with Crippen molar-refractivity contribution in [1.82, 2.24) is 5.32 Å². The van der Waals surface area contributed by atoms with Crippen LogP contribution < -0.4 is 5.32 Å². The van der Waals surface area contributed by atoms with E-state index in [1.807, 2.05) is 6.08 Å². The first-order valence-electron chi connectivity index (χ1n) is 34.7. The summed E-state index contributed by atoms with van der Waals surface area (Å²) in [6.07, 6.45) is 66.5. The molecule has 1 aliphatic rings. The first kappa shape index (κ1) is 78.1. The minimum atomic E-state index is -1.63. The molecule has 1 rings (SSSR count). The van der Waals surface area contributed by atoms with Gasteiger partial charge in [0.2, 0.25) is 5.91 Å². The number of unbranched alkanes of at least 4 members (excludes halogenated alkanes) is 35. The molecule has 0 aromatic rings. The van der Waals surface area contributed by atoms with Crippen molar-refractivity contribution in [1.29, 1.82) is 0 Å². The van der Waals surface area contributed by atoms with Crippen LogP contribution in [0.15, 0.2) is 72.9 Å². The van der Waals surface area contributed by atoms with E-state index in [1.165, 1.54) is 186 Å². The SMILES string of the molecule is CCCCC/C=C\C/C=C\C/C=C\C/C=C\CCCCCC(=O)OC1C(OCC(NC(=O)C(O)CCCCCCCCCCCCCC/C=C/CCCCCCCC)C(O)/C=C/CCCCCCCCCCCCC)OC(CO)C(O)C1O. The lowest BCUT2D eigenvalue weighted by Gasteiger charge is -2.41. The molecule has 8 atom stereocenters. The number of rotatable bonds is 59. The van der Waals surface area contributed by atoms with Crippen molar-refractivity contribution in [2.75, 3.05) is 13.2 Å². The van der Waals surface area contributed by atoms with Crippen LogP contribution in [0, 0.1) is 0 Å². The number of aliphatic hydroxyl groups is 5. The van der Waals surface area contributed by atoms with Crippen molar-refractivity contribution in [2.24, 2.45) is 0 Å². The molecule has 0 spiro atoms. The second kappa shape index (κ2) is 59.4. The normalized spacial score (nSPS) is 19.0. The Morgan fingerprint density at radius 1 is 0.470 bits per heavy atom. The molecule has 1 heterocycles. The van der Waals surface area contributed by atoms with Gasteiger partial charge in [-0.3, -0.25) is 9.59 Å². The molecule has 1 saturated heterocycles. The molecular formula is C72H129NO10. The maximum absolute atomic E-state index is 13.5. The Kier molecular flexibility index (Phi) is 55.9. The number of ether oxygens (including phenoxy) is 3. The number of amides is 1. The fourth-order valence-electron chi connectivity index (χ4n) is 10.6. The summed E-state index contributed by atoms with van der Waals surface area (Å²) in [6, 6.07) is -1.03. The van der Waals surface area contributed by atoms with Crippen molar-refractivity contribution < 1.29 is 49.3 Å². The lowest BCUT2D eigenvalue weighted by Crippen LogP contribution is -2.61. The predicted octanol–water partition coefficient (Wildman–Crippen LogP) is 17.5. The Balaban J connectivity index is 2.64. The Morgan fingerprint density at radius 2 is 0.831 bits per heavy atom. The van der Waals surface area contributed by atoms with Crippen LogP contribution in [0.5, 0.6) is 0 Å². The second-order valence-electron chi connectivity index (χ2n) is 23.9. The van der Waals surface area contributed by atoms with Gasteiger partial charge in [0.25, 0.3) is 0 Å². The van der Waals surface area contributed by atoms with E-state index in [9.17, 15) is 35.1 Å². The number of hydrogen-bond acceptors (Lipinski definition) is 10. The monoisotopic (exact) mass is 1170 g/mol. The molecule has 0 aliphatic carbocycles. The van der Waals surface area contributed by atoms with E-state index >= 15 is 0 Å². The van der Waals surface area contributed by atoms with E-state index in [2.05, 4.69) is 86.8 Å². The number of hydrogen-bond donors (Lipinski definition) is 6. The van der Waals surface area contributed by atoms with Crippen LogP contribution in [-0.2, 0) is 23.8 Å². The van der Waals surface area contributed by atoms with Gasteiger partial charge in [-0.1, -0.05) is 280 Å². The highest BCUT2D eigenvalue weighted by atomic mass is 16.7. The minimum Gasteiger partial charge on any atom is -0.454 e. The first-order chi connectivity index (χ1) is 40.7. The van der Waals surface area contributed by atoms with E-state index in [1.54, 1.807) is 6.08 Å². The van der Waals surface area contributed by atoms with Gasteiger partial charge in [0.05, 0.1) is 25.4 Å². The summed E-state index contributed by atoms with van der Waals surface area (Å²) < 4.78 is 17.6. The number of nitrogens with one attached hydrogen (secondary N) is 1. The van der Waals surface area contributed by atoms with Crippen molar-refractivity contribution >= 4 is 11.9 Å². The summed E-state index contributed by atoms with van der Waals surface area (Å²) in [4.78, 5) is 26.6. The van der Waals surface area contributed by atoms with E-state index in [0.717, 1.165) is 77.0 Å². The van der Waals surface area contributed by atoms with Crippen molar-refractivity contribution in [2.45, 2.75) is 359 Å². The minimum absolute atomic E-state index is 0.0848. The van der Waals surface area contributed by atoms with Crippen molar-refractivity contribution in [3.05, 3.63) is 72.9 Å². The highest BCUT2D eigenvalue weighted by Gasteiger charge is 2.47. The summed E-state index contributed by atoms with van der Waals surface area (Å²) in [5.74, 6) is -1.22. The number of carbonyl (C=O) groups excluding carboxylic acids is 2. The third-order valence-electron chi connectivity index (χ3n) is 16.1. The largest absolute Gasteiger partial charge is 0.454 e. The highest BCUT2D eigenvalue weighted by Crippen LogP contribution is 2.26. The first-order valence-corrected chi connectivity index (χ1v) is 34.7. The van der Waals surface area contributed by atoms with Gasteiger partial charge in [0.1, 0.15) is 24.4 Å². The van der Waals surface area contributed by atoms with Crippen LogP contribution in [0.4, 0.5) is 0 Å². The molecule has 6 N–H and O–H groups in total. The Morgan fingerprint density at radius 3 is 1.28 bits per heavy atom. The molecule has 0 saturated carbocycles. The summed E-state index contributed by atoms with van der Waals surface area (Å²) in [5, 5.41) is 57.2. The maximum Gasteiger partial charge on any atom is 0.306 e. The summed E-state index contributed by atoms with van der Waals surface area (Å²) in [5.41, 5.74) is 0. The number of aliphatic hydroxyl groups excluding tert-OH is 5. The second-order valence-corrected chi connectivity index (χ2v) is 23.9. The Hall–Kier alpha value is -2.90. The molecule has 0 aromatic heterocycles. The molecule has 8 unspecified atom stereocenters. The number of esters is 1. The van der Waals surface area contributed by atoms with Gasteiger partial charge in [-0.05, 0) is 96.3 Å². The molecule has 0 radical (unpaired) electrons. The summed E-state index contributed by atoms with van der Waals surface area (Å²) in [7, 11) is 0.